The number of hydrogen-bond donors (Lipinski definition) is 10. The van der Waals surface area contributed by atoms with Crippen LogP contribution in [-0.2, 0) is 35.2 Å². The van der Waals surface area contributed by atoms with Crippen LogP contribution in [-0.4, -0.2) is 153 Å². The number of nitrogens with zero attached hydrogens (tertiary/aromatic N) is 2. The zero-order chi connectivity index (χ0) is 49.9. The predicted molar refractivity (Wildman–Crippen MR) is 254 cm³/mol. The lowest BCUT2D eigenvalue weighted by molar-refractivity contribution is -0.145. The number of rotatable bonds is 12. The highest BCUT2D eigenvalue weighted by atomic mass is 16.5. The lowest BCUT2D eigenvalue weighted by atomic mass is 10.0. The molecule has 0 aliphatic carbocycles. The van der Waals surface area contributed by atoms with Crippen molar-refractivity contribution in [2.75, 3.05) is 26.2 Å². The Kier molecular flexibility index (Phi) is 17.9. The third kappa shape index (κ3) is 13.5. The molecule has 4 unspecified atom stereocenters. The van der Waals surface area contributed by atoms with E-state index in [0.29, 0.717) is 17.9 Å². The summed E-state index contributed by atoms with van der Waals surface area (Å²) in [5, 5.41) is 46.7. The molecule has 0 radical (unpaired) electrons. The monoisotopic (exact) mass is 957 g/mol. The molecule has 3 aliphatic heterocycles. The van der Waals surface area contributed by atoms with Crippen LogP contribution < -0.4 is 42.8 Å². The zero-order valence-electron chi connectivity index (χ0n) is 39.4. The first-order valence-electron chi connectivity index (χ1n) is 23.9. The summed E-state index contributed by atoms with van der Waals surface area (Å²) in [6.45, 7) is 5.05. The molecule has 20 nitrogen and oxygen atoms in total. The number of benzene rings is 3. The Balaban J connectivity index is 1.29. The Bertz CT molecular complexity index is 2330. The van der Waals surface area contributed by atoms with E-state index in [-0.39, 0.29) is 69.5 Å². The summed E-state index contributed by atoms with van der Waals surface area (Å²) in [6, 6.07) is 7.23. The standard InChI is InChI=1S/C49H67N9O11/c1-4-5-6-20-69-36-17-14-30-21-32(13-12-31(30)22-36)43(62)53-37-8-7-19-52-46(65)39-23-33(50)25-57(39)48(67)41(27(2)59)56-45(64)38(18-11-29-9-15-35(61)16-10-29)54-47(66)40-24-34(51)26-58(40)49(68)42(28(3)60)55-44(37)63/h9-10,12-17,21-22,27-28,33-34,37-42,59-61H,4-8,11,18-20,23-26,50-51H2,1-3H3,(H,52,65)(H,53,62)(H,54,66)(H,55,63)(H,56,64)/t27?,28?,33?,34?,37-,38-,39-,40-,41-,42-/m0/s1. The number of carbonyl (C=O) groups is 7. The number of phenolic OH excluding ortho intramolecular Hbond substituents is 1. The molecule has 10 atom stereocenters. The summed E-state index contributed by atoms with van der Waals surface area (Å²) in [6.07, 6.45) is 0.327. The van der Waals surface area contributed by atoms with E-state index in [1.807, 2.05) is 18.2 Å². The van der Waals surface area contributed by atoms with E-state index in [9.17, 15) is 48.9 Å². The fraction of sp³-hybridized carbons (Fsp3) is 0.531. The lowest BCUT2D eigenvalue weighted by Crippen LogP contribution is -2.61. The van der Waals surface area contributed by atoms with Gasteiger partial charge in [0.2, 0.25) is 35.4 Å². The molecular weight excluding hydrogens is 891 g/mol. The van der Waals surface area contributed by atoms with Crippen molar-refractivity contribution in [1.82, 2.24) is 36.4 Å². The van der Waals surface area contributed by atoms with E-state index in [1.165, 1.54) is 30.9 Å². The summed E-state index contributed by atoms with van der Waals surface area (Å²) < 4.78 is 5.90. The topological polar surface area (TPSA) is 308 Å². The maximum Gasteiger partial charge on any atom is 0.251 e. The fourth-order valence-electron chi connectivity index (χ4n) is 9.02. The van der Waals surface area contributed by atoms with Gasteiger partial charge < -0.3 is 67.9 Å². The summed E-state index contributed by atoms with van der Waals surface area (Å²) in [7, 11) is 0. The molecule has 3 aromatic carbocycles. The minimum absolute atomic E-state index is 0.0168. The van der Waals surface area contributed by atoms with Gasteiger partial charge in [-0.25, -0.2) is 0 Å². The van der Waals surface area contributed by atoms with E-state index in [0.717, 1.165) is 34.9 Å². The Morgan fingerprint density at radius 2 is 1.36 bits per heavy atom. The number of phenols is 1. The molecule has 20 heteroatoms. The number of aliphatic hydroxyl groups is 2. The number of unbranched alkanes of at least 4 members (excludes halogenated alkanes) is 2. The Hall–Kier alpha value is -6.35. The second kappa shape index (κ2) is 23.8. The molecule has 3 saturated heterocycles. The highest BCUT2D eigenvalue weighted by Crippen LogP contribution is 2.25. The van der Waals surface area contributed by atoms with Gasteiger partial charge in [0.1, 0.15) is 47.8 Å². The second-order valence-electron chi connectivity index (χ2n) is 18.5. The minimum Gasteiger partial charge on any atom is -0.508 e. The smallest absolute Gasteiger partial charge is 0.251 e. The van der Waals surface area contributed by atoms with Crippen LogP contribution >= 0.6 is 0 Å². The number of ether oxygens (including phenoxy) is 1. The van der Waals surface area contributed by atoms with Gasteiger partial charge in [-0.05, 0) is 112 Å². The van der Waals surface area contributed by atoms with Crippen molar-refractivity contribution in [2.24, 2.45) is 11.5 Å². The SMILES string of the molecule is CCCCCOc1ccc2cc(C(=O)N[C@H]3CCCNC(=O)[C@@H]4CC(N)CN4C(=O)[C@H](C(C)O)NC(=O)[C@H](CCc4ccc(O)cc4)NC(=O)[C@@H]4CC(N)CN4C(=O)[C@H](C(C)O)NC3=O)ccc2c1. The number of nitrogens with one attached hydrogen (secondary N) is 5. The van der Waals surface area contributed by atoms with E-state index >= 15 is 0 Å². The highest BCUT2D eigenvalue weighted by molar-refractivity contribution is 6.02. The van der Waals surface area contributed by atoms with Gasteiger partial charge in [0.05, 0.1) is 18.8 Å². The first kappa shape index (κ1) is 52.0. The molecule has 3 heterocycles. The minimum atomic E-state index is -1.62. The molecule has 3 aromatic rings. The average Bonchev–Trinajstić information content (AvgIpc) is 3.92. The van der Waals surface area contributed by atoms with Gasteiger partial charge in [-0.1, -0.05) is 44.0 Å². The maximum atomic E-state index is 14.4. The van der Waals surface area contributed by atoms with Crippen LogP contribution in [0.3, 0.4) is 0 Å². The molecule has 3 fully saturated rings. The maximum absolute atomic E-state index is 14.4. The van der Waals surface area contributed by atoms with Gasteiger partial charge in [-0.2, -0.15) is 0 Å². The van der Waals surface area contributed by atoms with Crippen LogP contribution in [0.25, 0.3) is 10.8 Å². The summed E-state index contributed by atoms with van der Waals surface area (Å²) in [5.41, 5.74) is 13.5. The molecule has 0 saturated carbocycles. The molecule has 0 bridgehead atoms. The normalized spacial score (nSPS) is 26.4. The molecule has 3 aliphatic rings. The van der Waals surface area contributed by atoms with Crippen molar-refractivity contribution in [3.8, 4) is 11.5 Å². The van der Waals surface area contributed by atoms with E-state index in [2.05, 4.69) is 33.5 Å². The van der Waals surface area contributed by atoms with E-state index < -0.39 is 102 Å². The number of aliphatic hydroxyl groups excluding tert-OH is 2. The largest absolute Gasteiger partial charge is 0.508 e. The lowest BCUT2D eigenvalue weighted by Gasteiger charge is -2.32. The first-order chi connectivity index (χ1) is 32.9. The Morgan fingerprint density at radius 3 is 1.99 bits per heavy atom. The van der Waals surface area contributed by atoms with Gasteiger partial charge in [0, 0.05) is 37.3 Å². The van der Waals surface area contributed by atoms with E-state index in [4.69, 9.17) is 16.2 Å². The van der Waals surface area contributed by atoms with Crippen molar-refractivity contribution >= 4 is 52.1 Å². The number of hydrogen-bond acceptors (Lipinski definition) is 13. The first-order valence-corrected chi connectivity index (χ1v) is 23.9. The molecular formula is C49H67N9O11. The third-order valence-electron chi connectivity index (χ3n) is 12.9. The van der Waals surface area contributed by atoms with Gasteiger partial charge in [-0.15, -0.1) is 0 Å². The van der Waals surface area contributed by atoms with E-state index in [1.54, 1.807) is 30.3 Å². The number of carbonyl (C=O) groups excluding carboxylic acids is 7. The number of fused-ring (bicyclic) bond motifs is 3. The van der Waals surface area contributed by atoms with Crippen LogP contribution in [0.5, 0.6) is 11.5 Å². The van der Waals surface area contributed by atoms with Crippen molar-refractivity contribution in [2.45, 2.75) is 139 Å². The third-order valence-corrected chi connectivity index (χ3v) is 12.9. The summed E-state index contributed by atoms with van der Waals surface area (Å²) in [5.74, 6) is -4.58. The van der Waals surface area contributed by atoms with Gasteiger partial charge >= 0.3 is 0 Å². The Morgan fingerprint density at radius 1 is 0.768 bits per heavy atom. The quantitative estimate of drug-likeness (QED) is 0.106. The van der Waals surface area contributed by atoms with Crippen LogP contribution in [0, 0.1) is 0 Å². The van der Waals surface area contributed by atoms with Crippen LogP contribution in [0.2, 0.25) is 0 Å². The fourth-order valence-corrected chi connectivity index (χ4v) is 9.02. The number of nitrogens with two attached hydrogens (primary N) is 2. The molecule has 7 amide bonds. The number of aromatic hydroxyl groups is 1. The van der Waals surface area contributed by atoms with Gasteiger partial charge in [0.15, 0.2) is 0 Å². The zero-order valence-corrected chi connectivity index (χ0v) is 39.4. The summed E-state index contributed by atoms with van der Waals surface area (Å²) in [4.78, 5) is 101. The molecule has 374 valence electrons. The van der Waals surface area contributed by atoms with Crippen LogP contribution in [0.1, 0.15) is 88.1 Å². The average molecular weight is 958 g/mol. The Labute approximate surface area is 401 Å². The predicted octanol–water partition coefficient (Wildman–Crippen LogP) is -0.172. The van der Waals surface area contributed by atoms with Crippen LogP contribution in [0.15, 0.2) is 60.7 Å². The molecule has 12 N–H and O–H groups in total. The van der Waals surface area contributed by atoms with Crippen molar-refractivity contribution < 1.29 is 53.6 Å². The number of aryl methyl sites for hydroxylation is 1. The molecule has 0 aromatic heterocycles. The highest BCUT2D eigenvalue weighted by Gasteiger charge is 2.45. The van der Waals surface area contributed by atoms with Crippen molar-refractivity contribution in [1.29, 1.82) is 0 Å². The summed E-state index contributed by atoms with van der Waals surface area (Å²) >= 11 is 0. The van der Waals surface area contributed by atoms with Gasteiger partial charge in [-0.3, -0.25) is 33.6 Å². The van der Waals surface area contributed by atoms with Gasteiger partial charge in [0.25, 0.3) is 5.91 Å². The molecule has 0 spiro atoms. The number of amides is 7. The van der Waals surface area contributed by atoms with Crippen LogP contribution in [0.4, 0.5) is 0 Å². The molecule has 69 heavy (non-hydrogen) atoms. The van der Waals surface area contributed by atoms with Crippen molar-refractivity contribution in [3.63, 3.8) is 0 Å². The van der Waals surface area contributed by atoms with Crippen molar-refractivity contribution in [3.05, 3.63) is 71.8 Å². The second-order valence-corrected chi connectivity index (χ2v) is 18.5. The molecule has 6 rings (SSSR count).